The molecule has 1 atom stereocenters. The molecule has 0 bridgehead atoms. The lowest BCUT2D eigenvalue weighted by atomic mass is 9.92. The van der Waals surface area contributed by atoms with Crippen molar-refractivity contribution in [2.75, 3.05) is 0 Å². The highest BCUT2D eigenvalue weighted by molar-refractivity contribution is 6.30. The molecule has 0 radical (unpaired) electrons. The third kappa shape index (κ3) is 7.27. The van der Waals surface area contributed by atoms with Crippen LogP contribution in [0.2, 0.25) is 5.02 Å². The van der Waals surface area contributed by atoms with Crippen molar-refractivity contribution in [3.63, 3.8) is 0 Å². The van der Waals surface area contributed by atoms with Crippen molar-refractivity contribution in [3.05, 3.63) is 153 Å². The van der Waals surface area contributed by atoms with E-state index in [0.717, 1.165) is 17.7 Å². The van der Waals surface area contributed by atoms with Crippen LogP contribution in [0.5, 0.6) is 0 Å². The van der Waals surface area contributed by atoms with Gasteiger partial charge in [0.1, 0.15) is 24.0 Å². The van der Waals surface area contributed by atoms with Crippen molar-refractivity contribution in [2.45, 2.75) is 26.0 Å². The van der Waals surface area contributed by atoms with E-state index in [1.54, 1.807) is 48.5 Å². The van der Waals surface area contributed by atoms with E-state index in [4.69, 9.17) is 22.2 Å². The van der Waals surface area contributed by atoms with E-state index in [9.17, 15) is 14.0 Å². The van der Waals surface area contributed by atoms with Crippen LogP contribution in [0.4, 0.5) is 8.78 Å². The lowest BCUT2D eigenvalue weighted by Gasteiger charge is -2.19. The summed E-state index contributed by atoms with van der Waals surface area (Å²) >= 11 is 6.17. The molecular formula is C35H29ClF2N4O3. The second kappa shape index (κ2) is 14.0. The molecule has 2 amide bonds. The molecule has 0 unspecified atom stereocenters. The number of carbonyl (C=O) groups is 2. The zero-order valence-corrected chi connectivity index (χ0v) is 24.9. The largest absolute Gasteiger partial charge is 0.390 e. The molecule has 0 fully saturated rings. The molecule has 5 aromatic rings. The highest BCUT2D eigenvalue weighted by atomic mass is 35.5. The average molecular weight is 627 g/mol. The molecule has 0 saturated heterocycles. The summed E-state index contributed by atoms with van der Waals surface area (Å²) in [6, 6.07) is 26.2. The van der Waals surface area contributed by atoms with Crippen LogP contribution in [0.15, 0.2) is 108 Å². The Morgan fingerprint density at radius 3 is 2.31 bits per heavy atom. The van der Waals surface area contributed by atoms with E-state index in [1.165, 1.54) is 13.1 Å². The monoisotopic (exact) mass is 626 g/mol. The number of hydrogen-bond donors (Lipinski definition) is 3. The van der Waals surface area contributed by atoms with Crippen LogP contribution >= 0.6 is 11.6 Å². The molecule has 7 nitrogen and oxygen atoms in total. The van der Waals surface area contributed by atoms with E-state index in [0.29, 0.717) is 16.1 Å². The van der Waals surface area contributed by atoms with Crippen LogP contribution in [-0.4, -0.2) is 22.5 Å². The van der Waals surface area contributed by atoms with Crippen molar-refractivity contribution in [3.8, 4) is 11.1 Å². The summed E-state index contributed by atoms with van der Waals surface area (Å²) in [4.78, 5) is 34.7. The first-order valence-corrected chi connectivity index (χ1v) is 14.4. The number of aromatic amines is 1. The van der Waals surface area contributed by atoms with E-state index in [2.05, 4.69) is 15.5 Å². The maximum atomic E-state index is 15.6. The van der Waals surface area contributed by atoms with Gasteiger partial charge in [-0.15, -0.1) is 0 Å². The predicted octanol–water partition coefficient (Wildman–Crippen LogP) is 7.24. The molecule has 4 N–H and O–H groups in total. The Kier molecular flexibility index (Phi) is 9.70. The minimum atomic E-state index is -0.852. The van der Waals surface area contributed by atoms with Crippen LogP contribution in [0.25, 0.3) is 11.1 Å². The number of halogens is 3. The molecular weight excluding hydrogens is 598 g/mol. The Hall–Kier alpha value is -5.28. The summed E-state index contributed by atoms with van der Waals surface area (Å²) in [5.41, 5.74) is 7.91. The fourth-order valence-corrected chi connectivity index (χ4v) is 5.20. The van der Waals surface area contributed by atoms with Gasteiger partial charge in [-0.25, -0.2) is 8.78 Å². The summed E-state index contributed by atoms with van der Waals surface area (Å²) < 4.78 is 30.6. The number of benzene rings is 4. The lowest BCUT2D eigenvalue weighted by Crippen LogP contribution is -2.32. The van der Waals surface area contributed by atoms with Crippen LogP contribution < -0.4 is 11.1 Å². The van der Waals surface area contributed by atoms with Gasteiger partial charge >= 0.3 is 0 Å². The minimum absolute atomic E-state index is 0.00829. The zero-order valence-electron chi connectivity index (χ0n) is 24.2. The Labute approximate surface area is 263 Å². The first kappa shape index (κ1) is 31.2. The zero-order chi connectivity index (χ0) is 31.9. The van der Waals surface area contributed by atoms with Crippen molar-refractivity contribution in [1.29, 1.82) is 0 Å². The molecule has 4 aromatic carbocycles. The third-order valence-corrected chi connectivity index (χ3v) is 7.43. The fourth-order valence-electron chi connectivity index (χ4n) is 5.01. The summed E-state index contributed by atoms with van der Waals surface area (Å²) in [6.07, 6.45) is 1.16. The number of nitrogens with zero attached hydrogens (tertiary/aromatic N) is 1. The summed E-state index contributed by atoms with van der Waals surface area (Å²) in [6.45, 7) is 1.57. The maximum Gasteiger partial charge on any atom is 0.253 e. The minimum Gasteiger partial charge on any atom is -0.390 e. The number of carbonyl (C=O) groups excluding carboxylic acids is 2. The molecule has 45 heavy (non-hydrogen) atoms. The first-order chi connectivity index (χ1) is 21.7. The smallest absolute Gasteiger partial charge is 0.253 e. The SMILES string of the molecule is Cc1c(F)ccc(F)c1-c1c(C(=O)N[C@@H](CC(N)=O)c2cccc(Cl)c2)c[nH]c1/C(=N/OCc1ccccc1)c1ccccc1. The van der Waals surface area contributed by atoms with Crippen LogP contribution in [-0.2, 0) is 16.2 Å². The molecule has 1 heterocycles. The number of aromatic nitrogens is 1. The van der Waals surface area contributed by atoms with Crippen LogP contribution in [0.3, 0.4) is 0 Å². The Balaban J connectivity index is 1.65. The predicted molar refractivity (Wildman–Crippen MR) is 170 cm³/mol. The number of oxime groups is 1. The Bertz CT molecular complexity index is 1860. The second-order valence-electron chi connectivity index (χ2n) is 10.3. The highest BCUT2D eigenvalue weighted by Gasteiger charge is 2.29. The quantitative estimate of drug-likeness (QED) is 0.106. The highest BCUT2D eigenvalue weighted by Crippen LogP contribution is 2.36. The number of rotatable bonds is 11. The molecule has 5 rings (SSSR count). The maximum absolute atomic E-state index is 15.6. The Morgan fingerprint density at radius 2 is 1.62 bits per heavy atom. The Morgan fingerprint density at radius 1 is 0.933 bits per heavy atom. The summed E-state index contributed by atoms with van der Waals surface area (Å²) in [5, 5.41) is 7.64. The number of primary amides is 1. The van der Waals surface area contributed by atoms with Gasteiger partial charge in [-0.3, -0.25) is 9.59 Å². The average Bonchev–Trinajstić information content (AvgIpc) is 3.46. The van der Waals surface area contributed by atoms with Gasteiger partial charge in [0, 0.05) is 27.9 Å². The second-order valence-corrected chi connectivity index (χ2v) is 10.7. The van der Waals surface area contributed by atoms with Crippen molar-refractivity contribution in [1.82, 2.24) is 10.3 Å². The molecule has 10 heteroatoms. The van der Waals surface area contributed by atoms with Gasteiger partial charge in [-0.2, -0.15) is 0 Å². The van der Waals surface area contributed by atoms with E-state index in [-0.39, 0.29) is 46.7 Å². The van der Waals surface area contributed by atoms with Crippen LogP contribution in [0.1, 0.15) is 50.8 Å². The molecule has 1 aromatic heterocycles. The van der Waals surface area contributed by atoms with Gasteiger partial charge in [-0.05, 0) is 47.9 Å². The summed E-state index contributed by atoms with van der Waals surface area (Å²) in [7, 11) is 0. The van der Waals surface area contributed by atoms with Gasteiger partial charge in [-0.1, -0.05) is 89.6 Å². The first-order valence-electron chi connectivity index (χ1n) is 14.0. The molecule has 228 valence electrons. The van der Waals surface area contributed by atoms with Crippen molar-refractivity contribution in [2.24, 2.45) is 10.9 Å². The van der Waals surface area contributed by atoms with E-state index >= 15 is 4.39 Å². The van der Waals surface area contributed by atoms with Crippen molar-refractivity contribution < 1.29 is 23.2 Å². The molecule has 0 spiro atoms. The van der Waals surface area contributed by atoms with Gasteiger partial charge in [0.05, 0.1) is 23.7 Å². The number of H-pyrrole nitrogens is 1. The number of amides is 2. The summed E-state index contributed by atoms with van der Waals surface area (Å²) in [5.74, 6) is -2.73. The van der Waals surface area contributed by atoms with Crippen LogP contribution in [0, 0.1) is 18.6 Å². The molecule has 0 saturated carbocycles. The molecule has 0 aliphatic heterocycles. The van der Waals surface area contributed by atoms with Gasteiger partial charge in [0.2, 0.25) is 5.91 Å². The van der Waals surface area contributed by atoms with E-state index in [1.807, 2.05) is 36.4 Å². The van der Waals surface area contributed by atoms with Crippen molar-refractivity contribution >= 4 is 29.1 Å². The van der Waals surface area contributed by atoms with Gasteiger partial charge < -0.3 is 20.9 Å². The number of nitrogens with one attached hydrogen (secondary N) is 2. The van der Waals surface area contributed by atoms with Gasteiger partial charge in [0.15, 0.2) is 0 Å². The fraction of sp³-hybridized carbons (Fsp3) is 0.114. The number of nitrogens with two attached hydrogens (primary N) is 1. The van der Waals surface area contributed by atoms with Gasteiger partial charge in [0.25, 0.3) is 5.91 Å². The normalized spacial score (nSPS) is 12.0. The topological polar surface area (TPSA) is 110 Å². The lowest BCUT2D eigenvalue weighted by molar-refractivity contribution is -0.118. The molecule has 0 aliphatic rings. The third-order valence-electron chi connectivity index (χ3n) is 7.20. The molecule has 0 aliphatic carbocycles. The standard InChI is InChI=1S/C35H29ClF2N4O3/c1-21-27(37)15-16-28(38)31(21)32-26(35(44)41-29(18-30(39)43)24-13-8-14-25(36)17-24)19-40-34(32)33(23-11-6-3-7-12-23)42-45-20-22-9-4-2-5-10-22/h2-17,19,29,40H,18,20H2,1H3,(H2,39,43)(H,41,44)/b42-33+/t29-/m0/s1. The number of hydrogen-bond acceptors (Lipinski definition) is 4. The van der Waals surface area contributed by atoms with E-state index < -0.39 is 29.5 Å².